The summed E-state index contributed by atoms with van der Waals surface area (Å²) in [7, 11) is 0. The van der Waals surface area contributed by atoms with E-state index in [-0.39, 0.29) is 38.9 Å². The van der Waals surface area contributed by atoms with E-state index in [2.05, 4.69) is 109 Å². The summed E-state index contributed by atoms with van der Waals surface area (Å²) in [4.78, 5) is 33.0. The molecule has 0 fully saturated rings. The van der Waals surface area contributed by atoms with Crippen LogP contribution in [0.25, 0.3) is 46.9 Å². The van der Waals surface area contributed by atoms with Crippen molar-refractivity contribution >= 4 is 46.9 Å². The van der Waals surface area contributed by atoms with E-state index >= 15 is 0 Å². The number of fused-ring (bicyclic) bond motifs is 8. The standard InChI is InChI=1S/C32H42N8.Cu/c1-29(2,3)18-17-23-36-21-14-13-19(34-21)33-20-15-16-22(35-20)38-27-24(30(4,5)6)25(31(7,8)9)28(39-26(18)37-23)40(27)32(10,11)12;/h13-17H,1-12H3,(H,33,34,35,36,37,38,39);. The van der Waals surface area contributed by atoms with Gasteiger partial charge in [0.2, 0.25) is 0 Å². The Hall–Kier alpha value is -3.16. The second kappa shape index (κ2) is 9.99. The number of hydrogen-bond acceptors (Lipinski definition) is 6. The number of rotatable bonds is 0. The predicted octanol–water partition coefficient (Wildman–Crippen LogP) is 7.35. The maximum atomic E-state index is 5.47. The van der Waals surface area contributed by atoms with E-state index in [9.17, 15) is 0 Å². The van der Waals surface area contributed by atoms with Crippen LogP contribution < -0.4 is 0 Å². The largest absolute Gasteiger partial charge is 0.325 e. The fraction of sp³-hybridized carbons (Fsp3) is 0.500. The first-order chi connectivity index (χ1) is 18.3. The molecule has 5 rings (SSSR count). The number of aromatic amines is 1. The van der Waals surface area contributed by atoms with Crippen molar-refractivity contribution in [2.75, 3.05) is 0 Å². The number of nitrogens with one attached hydrogen (secondary N) is 1. The van der Waals surface area contributed by atoms with E-state index in [0.717, 1.165) is 22.5 Å². The van der Waals surface area contributed by atoms with Gasteiger partial charge in [-0.2, -0.15) is 0 Å². The van der Waals surface area contributed by atoms with Crippen LogP contribution >= 0.6 is 0 Å². The number of hydrogen-bond donors (Lipinski definition) is 1. The summed E-state index contributed by atoms with van der Waals surface area (Å²) in [6, 6.07) is 2.09. The van der Waals surface area contributed by atoms with Gasteiger partial charge in [-0.15, -0.1) is 0 Å². The van der Waals surface area contributed by atoms with Crippen molar-refractivity contribution in [2.45, 2.75) is 105 Å². The monoisotopic (exact) mass is 601 g/mol. The average molecular weight is 602 g/mol. The normalized spacial score (nSPS) is 14.0. The Kier molecular flexibility index (Phi) is 7.50. The van der Waals surface area contributed by atoms with Gasteiger partial charge in [-0.05, 0) is 67.4 Å². The molecule has 2 aliphatic rings. The van der Waals surface area contributed by atoms with Crippen molar-refractivity contribution in [3.05, 3.63) is 46.1 Å². The molecule has 5 heterocycles. The third kappa shape index (κ3) is 5.93. The molecular weight excluding hydrogens is 560 g/mol. The molecule has 0 aliphatic carbocycles. The van der Waals surface area contributed by atoms with Crippen LogP contribution in [0.5, 0.6) is 0 Å². The molecule has 0 amide bonds. The molecule has 0 unspecified atom stereocenters. The van der Waals surface area contributed by atoms with E-state index < -0.39 is 0 Å². The van der Waals surface area contributed by atoms with Gasteiger partial charge >= 0.3 is 0 Å². The van der Waals surface area contributed by atoms with Crippen LogP contribution in [0.1, 0.15) is 123 Å². The van der Waals surface area contributed by atoms with Gasteiger partial charge in [-0.25, -0.2) is 29.9 Å². The van der Waals surface area contributed by atoms with Gasteiger partial charge in [0.05, 0.1) is 0 Å². The average Bonchev–Trinajstić information content (AvgIpc) is 3.53. The van der Waals surface area contributed by atoms with Crippen LogP contribution in [0.4, 0.5) is 0 Å². The van der Waals surface area contributed by atoms with Crippen molar-refractivity contribution in [1.82, 2.24) is 39.5 Å². The summed E-state index contributed by atoms with van der Waals surface area (Å²) >= 11 is 0. The van der Waals surface area contributed by atoms with Crippen LogP contribution in [0.3, 0.4) is 0 Å². The first-order valence-electron chi connectivity index (χ1n) is 14.0. The second-order valence-electron chi connectivity index (χ2n) is 14.8. The maximum Gasteiger partial charge on any atom is 0.156 e. The fourth-order valence-corrected chi connectivity index (χ4v) is 5.35. The van der Waals surface area contributed by atoms with Crippen LogP contribution in [-0.4, -0.2) is 39.5 Å². The molecular formula is C32H42CuN8. The Morgan fingerprint density at radius 2 is 0.951 bits per heavy atom. The molecule has 0 atom stereocenters. The number of H-pyrrole nitrogens is 1. The minimum absolute atomic E-state index is 0. The van der Waals surface area contributed by atoms with Crippen LogP contribution in [0.2, 0.25) is 0 Å². The Morgan fingerprint density at radius 1 is 0.537 bits per heavy atom. The quantitative estimate of drug-likeness (QED) is 0.186. The van der Waals surface area contributed by atoms with E-state index in [1.165, 1.54) is 11.1 Å². The minimum atomic E-state index is -0.318. The summed E-state index contributed by atoms with van der Waals surface area (Å²) in [6.07, 6.45) is 7.51. The SMILES string of the molecule is CC(C)(C)c1cc2nc3nc(nc4nc(nc5c(C(C)(C)C)c(C(C)(C)C)c(nc1[nH]2)n5C(C)(C)C)C=C4)C=C3.[Cu]. The van der Waals surface area contributed by atoms with Crippen LogP contribution in [0.15, 0.2) is 6.07 Å². The zero-order chi connectivity index (χ0) is 29.4. The van der Waals surface area contributed by atoms with Gasteiger partial charge in [0, 0.05) is 39.3 Å². The number of nitrogens with zero attached hydrogens (tertiary/aromatic N) is 7. The van der Waals surface area contributed by atoms with E-state index in [4.69, 9.17) is 19.9 Å². The molecule has 8 bridgehead atoms. The van der Waals surface area contributed by atoms with Crippen molar-refractivity contribution in [2.24, 2.45) is 0 Å². The van der Waals surface area contributed by atoms with Crippen molar-refractivity contribution in [3.63, 3.8) is 0 Å². The topological polar surface area (TPSA) is 98.1 Å². The van der Waals surface area contributed by atoms with Gasteiger partial charge < -0.3 is 9.55 Å². The van der Waals surface area contributed by atoms with Crippen molar-refractivity contribution < 1.29 is 17.1 Å². The molecule has 221 valence electrons. The van der Waals surface area contributed by atoms with Crippen molar-refractivity contribution in [3.8, 4) is 0 Å². The summed E-state index contributed by atoms with van der Waals surface area (Å²) in [5.41, 5.74) is 5.84. The molecule has 0 spiro atoms. The Morgan fingerprint density at radius 3 is 1.37 bits per heavy atom. The molecule has 9 heteroatoms. The zero-order valence-electron chi connectivity index (χ0n) is 26.3. The van der Waals surface area contributed by atoms with E-state index in [0.29, 0.717) is 28.9 Å². The number of aromatic nitrogens is 8. The third-order valence-electron chi connectivity index (χ3n) is 7.01. The van der Waals surface area contributed by atoms with Crippen LogP contribution in [0, 0.1) is 0 Å². The summed E-state index contributed by atoms with van der Waals surface area (Å²) < 4.78 is 2.29. The molecule has 1 N–H and O–H groups in total. The molecule has 1 radical (unpaired) electrons. The van der Waals surface area contributed by atoms with Gasteiger partial charge in [0.15, 0.2) is 23.3 Å². The third-order valence-corrected chi connectivity index (χ3v) is 7.01. The second-order valence-corrected chi connectivity index (χ2v) is 14.8. The predicted molar refractivity (Wildman–Crippen MR) is 165 cm³/mol. The molecule has 3 aromatic rings. The summed E-state index contributed by atoms with van der Waals surface area (Å²) in [6.45, 7) is 26.7. The fourth-order valence-electron chi connectivity index (χ4n) is 5.35. The first-order valence-corrected chi connectivity index (χ1v) is 14.0. The van der Waals surface area contributed by atoms with E-state index in [1.807, 2.05) is 24.3 Å². The maximum absolute atomic E-state index is 5.47. The molecule has 0 saturated heterocycles. The van der Waals surface area contributed by atoms with Crippen LogP contribution in [-0.2, 0) is 38.9 Å². The first kappa shape index (κ1) is 30.8. The van der Waals surface area contributed by atoms with Crippen molar-refractivity contribution in [1.29, 1.82) is 0 Å². The Balaban J connectivity index is 0.00000387. The van der Waals surface area contributed by atoms with Gasteiger partial charge in [0.1, 0.15) is 22.6 Å². The van der Waals surface area contributed by atoms with Gasteiger partial charge in [0.25, 0.3) is 0 Å². The molecule has 41 heavy (non-hydrogen) atoms. The molecule has 0 saturated carbocycles. The molecule has 3 aromatic heterocycles. The van der Waals surface area contributed by atoms with Gasteiger partial charge in [-0.1, -0.05) is 62.3 Å². The molecule has 0 aromatic carbocycles. The molecule has 2 aliphatic heterocycles. The summed E-state index contributed by atoms with van der Waals surface area (Å²) in [5, 5.41) is 0. The smallest absolute Gasteiger partial charge is 0.156 e. The Bertz CT molecular complexity index is 1730. The zero-order valence-corrected chi connectivity index (χ0v) is 27.3. The molecule has 8 nitrogen and oxygen atoms in total. The minimum Gasteiger partial charge on any atom is -0.325 e. The Labute approximate surface area is 253 Å². The van der Waals surface area contributed by atoms with E-state index in [1.54, 1.807) is 0 Å². The summed E-state index contributed by atoms with van der Waals surface area (Å²) in [5.74, 6) is 2.33. The van der Waals surface area contributed by atoms with Gasteiger partial charge in [-0.3, -0.25) is 0 Å².